The lowest BCUT2D eigenvalue weighted by Gasteiger charge is -2.12. The first kappa shape index (κ1) is 15.1. The molecule has 1 amide bonds. The first-order valence-electron chi connectivity index (χ1n) is 6.63. The third kappa shape index (κ3) is 3.41. The molecule has 2 aromatic rings. The van der Waals surface area contributed by atoms with Crippen LogP contribution in [0.5, 0.6) is 5.75 Å². The van der Waals surface area contributed by atoms with E-state index in [4.69, 9.17) is 4.74 Å². The van der Waals surface area contributed by atoms with E-state index in [1.165, 1.54) is 7.11 Å². The fraction of sp³-hybridized carbons (Fsp3) is 0.333. The highest BCUT2D eigenvalue weighted by Gasteiger charge is 2.18. The maximum Gasteiger partial charge on any atom is 0.253 e. The predicted octanol–water partition coefficient (Wildman–Crippen LogP) is 1.38. The third-order valence-electron chi connectivity index (χ3n) is 3.38. The molecule has 1 aromatic heterocycles. The number of hydrogen-bond donors (Lipinski definition) is 3. The van der Waals surface area contributed by atoms with Crippen molar-refractivity contribution in [3.8, 4) is 5.75 Å². The largest absolute Gasteiger partial charge is 0.497 e. The van der Waals surface area contributed by atoms with Crippen LogP contribution in [-0.2, 0) is 11.3 Å². The quantitative estimate of drug-likeness (QED) is 0.776. The number of ether oxygens (including phenoxy) is 1. The average molecular weight is 289 g/mol. The van der Waals surface area contributed by atoms with Gasteiger partial charge in [-0.2, -0.15) is 5.10 Å². The Morgan fingerprint density at radius 3 is 2.86 bits per heavy atom. The minimum absolute atomic E-state index is 0.327. The van der Waals surface area contributed by atoms with Crippen molar-refractivity contribution in [3.63, 3.8) is 0 Å². The minimum atomic E-state index is -1.23. The molecule has 21 heavy (non-hydrogen) atoms. The number of amides is 1. The van der Waals surface area contributed by atoms with Gasteiger partial charge in [0.05, 0.1) is 12.8 Å². The molecule has 6 nitrogen and oxygen atoms in total. The van der Waals surface area contributed by atoms with Crippen molar-refractivity contribution in [1.29, 1.82) is 0 Å². The summed E-state index contributed by atoms with van der Waals surface area (Å²) in [5.41, 5.74) is 3.17. The van der Waals surface area contributed by atoms with E-state index in [9.17, 15) is 9.90 Å². The Kier molecular flexibility index (Phi) is 4.59. The molecule has 0 aliphatic carbocycles. The Bertz CT molecular complexity index is 617. The van der Waals surface area contributed by atoms with Gasteiger partial charge in [0.15, 0.2) is 6.10 Å². The predicted molar refractivity (Wildman–Crippen MR) is 77.9 cm³/mol. The fourth-order valence-electron chi connectivity index (χ4n) is 2.07. The fourth-order valence-corrected chi connectivity index (χ4v) is 2.07. The number of nitrogens with zero attached hydrogens (tertiary/aromatic N) is 1. The van der Waals surface area contributed by atoms with Crippen LogP contribution in [0.25, 0.3) is 0 Å². The molecule has 0 aliphatic heterocycles. The zero-order chi connectivity index (χ0) is 15.4. The molecule has 2 rings (SSSR count). The Hall–Kier alpha value is -2.34. The first-order chi connectivity index (χ1) is 10.0. The van der Waals surface area contributed by atoms with E-state index in [0.717, 1.165) is 17.0 Å². The molecule has 0 saturated heterocycles. The smallest absolute Gasteiger partial charge is 0.253 e. The SMILES string of the molecule is COc1cccc(C(O)C(=O)NCc2c(C)n[nH]c2C)c1. The first-order valence-corrected chi connectivity index (χ1v) is 6.63. The molecule has 6 heteroatoms. The van der Waals surface area contributed by atoms with Gasteiger partial charge in [-0.05, 0) is 31.5 Å². The summed E-state index contributed by atoms with van der Waals surface area (Å²) < 4.78 is 5.08. The van der Waals surface area contributed by atoms with Crippen LogP contribution >= 0.6 is 0 Å². The normalized spacial score (nSPS) is 12.0. The van der Waals surface area contributed by atoms with E-state index in [0.29, 0.717) is 17.9 Å². The van der Waals surface area contributed by atoms with Gasteiger partial charge in [-0.25, -0.2) is 0 Å². The third-order valence-corrected chi connectivity index (χ3v) is 3.38. The topological polar surface area (TPSA) is 87.2 Å². The van der Waals surface area contributed by atoms with Crippen molar-refractivity contribution in [2.45, 2.75) is 26.5 Å². The highest BCUT2D eigenvalue weighted by molar-refractivity contribution is 5.82. The van der Waals surface area contributed by atoms with Gasteiger partial charge in [0.25, 0.3) is 5.91 Å². The number of H-pyrrole nitrogens is 1. The second-order valence-electron chi connectivity index (χ2n) is 4.81. The number of nitrogens with one attached hydrogen (secondary N) is 2. The van der Waals surface area contributed by atoms with Crippen LogP contribution in [0.3, 0.4) is 0 Å². The lowest BCUT2D eigenvalue weighted by Crippen LogP contribution is -2.29. The number of aliphatic hydroxyl groups excluding tert-OH is 1. The number of aromatic nitrogens is 2. The highest BCUT2D eigenvalue weighted by atomic mass is 16.5. The van der Waals surface area contributed by atoms with Crippen LogP contribution < -0.4 is 10.1 Å². The Labute approximate surface area is 123 Å². The summed E-state index contributed by atoms with van der Waals surface area (Å²) in [7, 11) is 1.54. The van der Waals surface area contributed by atoms with E-state index >= 15 is 0 Å². The monoisotopic (exact) mass is 289 g/mol. The van der Waals surface area contributed by atoms with E-state index in [-0.39, 0.29) is 0 Å². The van der Waals surface area contributed by atoms with Crippen LogP contribution in [-0.4, -0.2) is 28.3 Å². The summed E-state index contributed by atoms with van der Waals surface area (Å²) in [6.45, 7) is 4.08. The van der Waals surface area contributed by atoms with Gasteiger partial charge in [0.2, 0.25) is 0 Å². The molecule has 0 fully saturated rings. The number of carbonyl (C=O) groups is 1. The number of rotatable bonds is 5. The second-order valence-corrected chi connectivity index (χ2v) is 4.81. The van der Waals surface area contributed by atoms with Gasteiger partial charge in [0, 0.05) is 17.8 Å². The number of carbonyl (C=O) groups excluding carboxylic acids is 1. The summed E-state index contributed by atoms with van der Waals surface area (Å²) in [6.07, 6.45) is -1.23. The van der Waals surface area contributed by atoms with Gasteiger partial charge in [-0.3, -0.25) is 9.89 Å². The van der Waals surface area contributed by atoms with Crippen molar-refractivity contribution in [2.75, 3.05) is 7.11 Å². The minimum Gasteiger partial charge on any atom is -0.497 e. The number of benzene rings is 1. The van der Waals surface area contributed by atoms with Crippen LogP contribution in [0.1, 0.15) is 28.6 Å². The molecule has 1 aromatic carbocycles. The summed E-state index contributed by atoms with van der Waals surface area (Å²) in [6, 6.07) is 6.81. The maximum atomic E-state index is 12.0. The molecular formula is C15H19N3O3. The van der Waals surface area contributed by atoms with Crippen molar-refractivity contribution < 1.29 is 14.6 Å². The van der Waals surface area contributed by atoms with Gasteiger partial charge in [-0.15, -0.1) is 0 Å². The van der Waals surface area contributed by atoms with Gasteiger partial charge >= 0.3 is 0 Å². The van der Waals surface area contributed by atoms with Crippen molar-refractivity contribution in [2.24, 2.45) is 0 Å². The molecule has 3 N–H and O–H groups in total. The van der Waals surface area contributed by atoms with Crippen molar-refractivity contribution in [1.82, 2.24) is 15.5 Å². The summed E-state index contributed by atoms with van der Waals surface area (Å²) in [5, 5.41) is 19.7. The Balaban J connectivity index is 2.02. The molecule has 0 radical (unpaired) electrons. The van der Waals surface area contributed by atoms with Crippen molar-refractivity contribution in [3.05, 3.63) is 46.8 Å². The molecular weight excluding hydrogens is 270 g/mol. The number of methoxy groups -OCH3 is 1. The Morgan fingerprint density at radius 2 is 2.24 bits per heavy atom. The van der Waals surface area contributed by atoms with E-state index in [1.54, 1.807) is 24.3 Å². The highest BCUT2D eigenvalue weighted by Crippen LogP contribution is 2.19. The molecule has 1 heterocycles. The van der Waals surface area contributed by atoms with Crippen LogP contribution in [0.15, 0.2) is 24.3 Å². The summed E-state index contributed by atoms with van der Waals surface area (Å²) >= 11 is 0. The van der Waals surface area contributed by atoms with E-state index < -0.39 is 12.0 Å². The summed E-state index contributed by atoms with van der Waals surface area (Å²) in [5.74, 6) is 0.143. The van der Waals surface area contributed by atoms with Crippen LogP contribution in [0, 0.1) is 13.8 Å². The van der Waals surface area contributed by atoms with Crippen molar-refractivity contribution >= 4 is 5.91 Å². The second kappa shape index (κ2) is 6.41. The lowest BCUT2D eigenvalue weighted by molar-refractivity contribution is -0.129. The van der Waals surface area contributed by atoms with Gasteiger partial charge in [0.1, 0.15) is 5.75 Å². The number of aliphatic hydroxyl groups is 1. The zero-order valence-corrected chi connectivity index (χ0v) is 12.3. The standard InChI is InChI=1S/C15H19N3O3/c1-9-13(10(2)18-17-9)8-16-15(20)14(19)11-5-4-6-12(7-11)21-3/h4-7,14,19H,8H2,1-3H3,(H,16,20)(H,17,18). The molecule has 0 saturated carbocycles. The van der Waals surface area contributed by atoms with Crippen LogP contribution in [0.4, 0.5) is 0 Å². The van der Waals surface area contributed by atoms with E-state index in [2.05, 4.69) is 15.5 Å². The summed E-state index contributed by atoms with van der Waals surface area (Å²) in [4.78, 5) is 12.0. The zero-order valence-electron chi connectivity index (χ0n) is 12.3. The van der Waals surface area contributed by atoms with E-state index in [1.807, 2.05) is 13.8 Å². The molecule has 0 bridgehead atoms. The molecule has 0 aliphatic rings. The molecule has 1 unspecified atom stereocenters. The van der Waals surface area contributed by atoms with Gasteiger partial charge in [-0.1, -0.05) is 12.1 Å². The molecule has 1 atom stereocenters. The molecule has 0 spiro atoms. The number of aryl methyl sites for hydroxylation is 2. The lowest BCUT2D eigenvalue weighted by atomic mass is 10.1. The average Bonchev–Trinajstić information content (AvgIpc) is 2.83. The Morgan fingerprint density at radius 1 is 1.48 bits per heavy atom. The number of hydrogen-bond acceptors (Lipinski definition) is 4. The maximum absolute atomic E-state index is 12.0. The molecule has 112 valence electrons. The van der Waals surface area contributed by atoms with Gasteiger partial charge < -0.3 is 15.2 Å². The van der Waals surface area contributed by atoms with Crippen LogP contribution in [0.2, 0.25) is 0 Å². The number of aromatic amines is 1.